The summed E-state index contributed by atoms with van der Waals surface area (Å²) < 4.78 is 7.17. The van der Waals surface area contributed by atoms with Gasteiger partial charge < -0.3 is 9.09 Å². The van der Waals surface area contributed by atoms with Gasteiger partial charge in [0, 0.05) is 34.9 Å². The summed E-state index contributed by atoms with van der Waals surface area (Å²) in [6, 6.07) is 18.5. The van der Waals surface area contributed by atoms with E-state index in [2.05, 4.69) is 15.1 Å². The highest BCUT2D eigenvalue weighted by atomic mass is 35.5. The molecule has 0 atom stereocenters. The van der Waals surface area contributed by atoms with Crippen molar-refractivity contribution in [3.63, 3.8) is 0 Å². The summed E-state index contributed by atoms with van der Waals surface area (Å²) in [5.41, 5.74) is 2.86. The monoisotopic (exact) mass is 448 g/mol. The summed E-state index contributed by atoms with van der Waals surface area (Å²) in [5, 5.41) is 5.58. The molecule has 0 N–H and O–H groups in total. The van der Waals surface area contributed by atoms with Crippen molar-refractivity contribution in [1.82, 2.24) is 19.7 Å². The maximum Gasteiger partial charge on any atom is 0.258 e. The highest BCUT2D eigenvalue weighted by Gasteiger charge is 2.26. The number of benzene rings is 2. The average Bonchev–Trinajstić information content (AvgIpc) is 3.40. The molecule has 0 saturated carbocycles. The minimum Gasteiger partial charge on any atom is -0.333 e. The molecule has 0 spiro atoms. The minimum absolute atomic E-state index is 0.0527. The number of pyridine rings is 1. The number of nitrogens with zero attached hydrogens (tertiary/aromatic N) is 4. The molecular formula is C23H14Cl2N4O2. The minimum atomic E-state index is -0.403. The predicted octanol–water partition coefficient (Wildman–Crippen LogP) is 5.67. The molecule has 3 heterocycles. The normalized spacial score (nSPS) is 11.2. The van der Waals surface area contributed by atoms with E-state index in [0.717, 1.165) is 16.5 Å². The Hall–Kier alpha value is -3.48. The summed E-state index contributed by atoms with van der Waals surface area (Å²) in [5.74, 6) is -0.213. The van der Waals surface area contributed by atoms with Crippen molar-refractivity contribution in [2.75, 3.05) is 0 Å². The van der Waals surface area contributed by atoms with Gasteiger partial charge in [0.15, 0.2) is 0 Å². The Morgan fingerprint density at radius 2 is 1.71 bits per heavy atom. The second kappa shape index (κ2) is 7.98. The molecule has 5 aromatic rings. The first-order valence-electron chi connectivity index (χ1n) is 9.42. The van der Waals surface area contributed by atoms with Gasteiger partial charge in [0.05, 0.1) is 11.1 Å². The van der Waals surface area contributed by atoms with Gasteiger partial charge in [-0.2, -0.15) is 4.98 Å². The van der Waals surface area contributed by atoms with Crippen molar-refractivity contribution in [3.05, 3.63) is 100 Å². The number of hydrogen-bond donors (Lipinski definition) is 0. The van der Waals surface area contributed by atoms with Crippen LogP contribution >= 0.6 is 23.2 Å². The van der Waals surface area contributed by atoms with Gasteiger partial charge >= 0.3 is 0 Å². The maximum atomic E-state index is 13.3. The number of para-hydroxylation sites is 1. The Labute approximate surface area is 187 Å². The topological polar surface area (TPSA) is 73.8 Å². The van der Waals surface area contributed by atoms with Gasteiger partial charge in [-0.05, 0) is 35.9 Å². The van der Waals surface area contributed by atoms with Gasteiger partial charge in [0.1, 0.15) is 5.15 Å². The van der Waals surface area contributed by atoms with E-state index in [4.69, 9.17) is 27.7 Å². The molecule has 0 amide bonds. The fourth-order valence-electron chi connectivity index (χ4n) is 3.45. The number of fused-ring (bicyclic) bond motifs is 1. The first-order chi connectivity index (χ1) is 15.1. The Balaban J connectivity index is 1.57. The lowest BCUT2D eigenvalue weighted by molar-refractivity contribution is 0.102. The molecule has 31 heavy (non-hydrogen) atoms. The number of aromatic nitrogens is 4. The van der Waals surface area contributed by atoms with Crippen LogP contribution in [-0.2, 0) is 6.54 Å². The fraction of sp³-hybridized carbons (Fsp3) is 0.0435. The molecule has 0 unspecified atom stereocenters. The number of hydrogen-bond acceptors (Lipinski definition) is 5. The molecule has 0 radical (unpaired) electrons. The van der Waals surface area contributed by atoms with Crippen LogP contribution in [0.15, 0.2) is 77.6 Å². The van der Waals surface area contributed by atoms with Crippen molar-refractivity contribution < 1.29 is 9.32 Å². The largest absolute Gasteiger partial charge is 0.333 e. The molecule has 152 valence electrons. The van der Waals surface area contributed by atoms with E-state index in [1.807, 2.05) is 53.1 Å². The van der Waals surface area contributed by atoms with Crippen molar-refractivity contribution in [2.24, 2.45) is 0 Å². The number of carbonyl (C=O) groups excluding carboxylic acids is 1. The van der Waals surface area contributed by atoms with Gasteiger partial charge in [-0.1, -0.05) is 58.7 Å². The van der Waals surface area contributed by atoms with Crippen LogP contribution in [0.5, 0.6) is 0 Å². The van der Waals surface area contributed by atoms with Crippen molar-refractivity contribution >= 4 is 39.9 Å². The number of ketones is 1. The quantitative estimate of drug-likeness (QED) is 0.323. The second-order valence-corrected chi connectivity index (χ2v) is 7.68. The van der Waals surface area contributed by atoms with Crippen LogP contribution in [0.3, 0.4) is 0 Å². The molecular weight excluding hydrogens is 435 g/mol. The molecule has 0 bridgehead atoms. The van der Waals surface area contributed by atoms with E-state index in [1.165, 1.54) is 0 Å². The fourth-order valence-corrected chi connectivity index (χ4v) is 3.92. The molecule has 6 nitrogen and oxygen atoms in total. The van der Waals surface area contributed by atoms with Crippen LogP contribution in [0.1, 0.15) is 21.7 Å². The SMILES string of the molecule is O=C(c1noc(-c2ccncc2)n1)c1c(Cl)n(Cc2ccc(Cl)cc2)c2ccccc12. The third-order valence-electron chi connectivity index (χ3n) is 4.94. The molecule has 0 fully saturated rings. The van der Waals surface area contributed by atoms with E-state index >= 15 is 0 Å². The van der Waals surface area contributed by atoms with Gasteiger partial charge in [-0.25, -0.2) is 0 Å². The Morgan fingerprint density at radius 1 is 0.968 bits per heavy atom. The van der Waals surface area contributed by atoms with E-state index in [1.54, 1.807) is 24.5 Å². The summed E-state index contributed by atoms with van der Waals surface area (Å²) >= 11 is 12.7. The third kappa shape index (κ3) is 3.60. The zero-order valence-electron chi connectivity index (χ0n) is 16.0. The molecule has 2 aromatic carbocycles. The van der Waals surface area contributed by atoms with Gasteiger partial charge in [-0.15, -0.1) is 0 Å². The van der Waals surface area contributed by atoms with E-state index in [0.29, 0.717) is 27.8 Å². The van der Waals surface area contributed by atoms with Crippen LogP contribution in [-0.4, -0.2) is 25.5 Å². The number of carbonyl (C=O) groups is 1. The van der Waals surface area contributed by atoms with Crippen LogP contribution in [0.25, 0.3) is 22.4 Å². The number of rotatable bonds is 5. The standard InChI is InChI=1S/C23H14Cl2N4O2/c24-16-7-5-14(6-8-16)13-29-18-4-2-1-3-17(18)19(21(29)25)20(30)22-27-23(31-28-22)15-9-11-26-12-10-15/h1-12H,13H2. The van der Waals surface area contributed by atoms with Crippen LogP contribution in [0, 0.1) is 0 Å². The van der Waals surface area contributed by atoms with Gasteiger partial charge in [0.25, 0.3) is 5.89 Å². The van der Waals surface area contributed by atoms with Crippen LogP contribution in [0.2, 0.25) is 10.2 Å². The lowest BCUT2D eigenvalue weighted by Crippen LogP contribution is -2.05. The highest BCUT2D eigenvalue weighted by molar-refractivity contribution is 6.36. The molecule has 0 aliphatic carbocycles. The lowest BCUT2D eigenvalue weighted by Gasteiger charge is -2.07. The van der Waals surface area contributed by atoms with Crippen molar-refractivity contribution in [2.45, 2.75) is 6.54 Å². The van der Waals surface area contributed by atoms with E-state index in [9.17, 15) is 4.79 Å². The van der Waals surface area contributed by atoms with Crippen molar-refractivity contribution in [1.29, 1.82) is 0 Å². The van der Waals surface area contributed by atoms with Gasteiger partial charge in [0.2, 0.25) is 11.6 Å². The summed E-state index contributed by atoms with van der Waals surface area (Å²) in [7, 11) is 0. The summed E-state index contributed by atoms with van der Waals surface area (Å²) in [6.45, 7) is 0.484. The number of halogens is 2. The first kappa shape index (κ1) is 19.5. The smallest absolute Gasteiger partial charge is 0.258 e. The summed E-state index contributed by atoms with van der Waals surface area (Å²) in [6.07, 6.45) is 3.23. The zero-order valence-corrected chi connectivity index (χ0v) is 17.5. The Bertz CT molecular complexity index is 1390. The molecule has 8 heteroatoms. The predicted molar refractivity (Wildman–Crippen MR) is 118 cm³/mol. The third-order valence-corrected chi connectivity index (χ3v) is 5.59. The maximum absolute atomic E-state index is 13.3. The molecule has 3 aromatic heterocycles. The average molecular weight is 449 g/mol. The first-order valence-corrected chi connectivity index (χ1v) is 10.2. The lowest BCUT2D eigenvalue weighted by atomic mass is 10.1. The molecule has 0 saturated heterocycles. The Morgan fingerprint density at radius 3 is 2.48 bits per heavy atom. The van der Waals surface area contributed by atoms with Crippen LogP contribution < -0.4 is 0 Å². The van der Waals surface area contributed by atoms with E-state index < -0.39 is 5.78 Å². The van der Waals surface area contributed by atoms with Crippen molar-refractivity contribution in [3.8, 4) is 11.5 Å². The zero-order chi connectivity index (χ0) is 21.4. The summed E-state index contributed by atoms with van der Waals surface area (Å²) in [4.78, 5) is 21.6. The molecule has 0 aliphatic heterocycles. The van der Waals surface area contributed by atoms with Crippen LogP contribution in [0.4, 0.5) is 0 Å². The van der Waals surface area contributed by atoms with E-state index in [-0.39, 0.29) is 11.7 Å². The second-order valence-electron chi connectivity index (χ2n) is 6.88. The Kier molecular flexibility index (Phi) is 5.02. The molecule has 5 rings (SSSR count). The molecule has 0 aliphatic rings. The van der Waals surface area contributed by atoms with Gasteiger partial charge in [-0.3, -0.25) is 9.78 Å². The highest BCUT2D eigenvalue weighted by Crippen LogP contribution is 2.32.